The fourth-order valence-electron chi connectivity index (χ4n) is 1.54. The number of hydrogen-bond donors (Lipinski definition) is 0. The van der Waals surface area contributed by atoms with Crippen molar-refractivity contribution in [2.24, 2.45) is 5.92 Å². The smallest absolute Gasteiger partial charge is 0.337 e. The molecule has 66 valence electrons. The predicted molar refractivity (Wildman–Crippen MR) is 42.1 cm³/mol. The lowest BCUT2D eigenvalue weighted by molar-refractivity contribution is -0.221. The Kier molecular flexibility index (Phi) is 1.43. The Balaban J connectivity index is 2.19. The van der Waals surface area contributed by atoms with Gasteiger partial charge in [-0.15, -0.1) is 0 Å². The van der Waals surface area contributed by atoms with Crippen LogP contribution in [-0.2, 0) is 14.3 Å². The summed E-state index contributed by atoms with van der Waals surface area (Å²) in [6.07, 6.45) is 3.57. The molecule has 2 rings (SSSR count). The Labute approximate surface area is 71.3 Å². The Bertz CT molecular complexity index is 252. The van der Waals surface area contributed by atoms with Crippen molar-refractivity contribution in [3.63, 3.8) is 0 Å². The van der Waals surface area contributed by atoms with Gasteiger partial charge in [-0.3, -0.25) is 0 Å². The molecular formula is C9H12O3. The molecule has 0 radical (unpaired) electrons. The summed E-state index contributed by atoms with van der Waals surface area (Å²) in [5.74, 6) is 0.0783. The Morgan fingerprint density at radius 1 is 1.50 bits per heavy atom. The molecule has 1 aliphatic heterocycles. The second-order valence-corrected chi connectivity index (χ2v) is 3.57. The van der Waals surface area contributed by atoms with Gasteiger partial charge in [0.2, 0.25) is 0 Å². The fraction of sp³-hybridized carbons (Fsp3) is 0.667. The largest absolute Gasteiger partial charge is 0.457 e. The van der Waals surface area contributed by atoms with Crippen LogP contribution in [0.2, 0.25) is 0 Å². The van der Waals surface area contributed by atoms with E-state index in [1.807, 2.05) is 6.92 Å². The molecule has 0 bridgehead atoms. The van der Waals surface area contributed by atoms with E-state index in [9.17, 15) is 4.79 Å². The number of allylic oxidation sites excluding steroid dienone is 1. The molecule has 1 atom stereocenters. The Hall–Kier alpha value is -0.990. The molecule has 2 aliphatic rings. The summed E-state index contributed by atoms with van der Waals surface area (Å²) in [7, 11) is 0. The molecule has 0 N–H and O–H groups in total. The van der Waals surface area contributed by atoms with Gasteiger partial charge < -0.3 is 9.47 Å². The van der Waals surface area contributed by atoms with Crippen LogP contribution in [0.15, 0.2) is 11.8 Å². The molecule has 1 heterocycles. The van der Waals surface area contributed by atoms with Gasteiger partial charge in [-0.05, 0) is 19.8 Å². The number of carbonyl (C=O) groups excluding carboxylic acids is 1. The number of esters is 1. The molecule has 0 aromatic rings. The van der Waals surface area contributed by atoms with Gasteiger partial charge in [0, 0.05) is 12.8 Å². The zero-order valence-corrected chi connectivity index (χ0v) is 7.29. The number of cyclic esters (lactones) is 1. The topological polar surface area (TPSA) is 35.5 Å². The van der Waals surface area contributed by atoms with Gasteiger partial charge in [0.25, 0.3) is 5.79 Å². The van der Waals surface area contributed by atoms with Gasteiger partial charge in [0.1, 0.15) is 5.76 Å². The zero-order valence-electron chi connectivity index (χ0n) is 7.29. The van der Waals surface area contributed by atoms with Crippen LogP contribution in [-0.4, -0.2) is 11.8 Å². The molecule has 3 nitrogen and oxygen atoms in total. The molecule has 0 aromatic heterocycles. The molecular weight excluding hydrogens is 156 g/mol. The molecule has 0 aromatic carbocycles. The lowest BCUT2D eigenvalue weighted by atomic mass is 10.2. The minimum Gasteiger partial charge on any atom is -0.457 e. The summed E-state index contributed by atoms with van der Waals surface area (Å²) in [6.45, 7) is 3.61. The second kappa shape index (κ2) is 2.25. The number of hydrogen-bond acceptors (Lipinski definition) is 3. The lowest BCUT2D eigenvalue weighted by Gasteiger charge is -2.33. The van der Waals surface area contributed by atoms with Crippen molar-refractivity contribution in [1.29, 1.82) is 0 Å². The predicted octanol–water partition coefficient (Wildman–Crippen LogP) is 1.59. The van der Waals surface area contributed by atoms with Gasteiger partial charge in [-0.2, -0.15) is 0 Å². The van der Waals surface area contributed by atoms with Crippen molar-refractivity contribution < 1.29 is 14.3 Å². The lowest BCUT2D eigenvalue weighted by Crippen LogP contribution is -2.39. The van der Waals surface area contributed by atoms with E-state index >= 15 is 0 Å². The van der Waals surface area contributed by atoms with Crippen LogP contribution in [0.5, 0.6) is 0 Å². The van der Waals surface area contributed by atoms with Gasteiger partial charge in [-0.1, -0.05) is 0 Å². The van der Waals surface area contributed by atoms with Crippen LogP contribution >= 0.6 is 0 Å². The third-order valence-electron chi connectivity index (χ3n) is 2.31. The van der Waals surface area contributed by atoms with Crippen molar-refractivity contribution in [3.05, 3.63) is 11.8 Å². The molecule has 3 heteroatoms. The highest BCUT2D eigenvalue weighted by molar-refractivity contribution is 5.83. The van der Waals surface area contributed by atoms with Crippen molar-refractivity contribution in [2.75, 3.05) is 0 Å². The average molecular weight is 168 g/mol. The molecule has 12 heavy (non-hydrogen) atoms. The number of rotatable bonds is 1. The molecule has 1 aliphatic carbocycles. The maximum atomic E-state index is 11.0. The monoisotopic (exact) mass is 168 g/mol. The zero-order chi connectivity index (χ0) is 8.77. The summed E-state index contributed by atoms with van der Waals surface area (Å²) in [5.41, 5.74) is 0. The molecule has 0 saturated heterocycles. The first-order valence-electron chi connectivity index (χ1n) is 4.20. The fourth-order valence-corrected chi connectivity index (χ4v) is 1.54. The van der Waals surface area contributed by atoms with Crippen molar-refractivity contribution in [3.8, 4) is 0 Å². The van der Waals surface area contributed by atoms with Crippen LogP contribution < -0.4 is 0 Å². The van der Waals surface area contributed by atoms with Gasteiger partial charge >= 0.3 is 5.97 Å². The maximum Gasteiger partial charge on any atom is 0.337 e. The van der Waals surface area contributed by atoms with E-state index in [0.717, 1.165) is 12.8 Å². The third-order valence-corrected chi connectivity index (χ3v) is 2.31. The Morgan fingerprint density at radius 2 is 2.17 bits per heavy atom. The Morgan fingerprint density at radius 3 is 2.67 bits per heavy atom. The van der Waals surface area contributed by atoms with Crippen molar-refractivity contribution >= 4 is 5.97 Å². The van der Waals surface area contributed by atoms with E-state index in [0.29, 0.717) is 11.7 Å². The van der Waals surface area contributed by atoms with Crippen LogP contribution in [0.4, 0.5) is 0 Å². The highest BCUT2D eigenvalue weighted by Crippen LogP contribution is 2.44. The highest BCUT2D eigenvalue weighted by atomic mass is 16.7. The van der Waals surface area contributed by atoms with Gasteiger partial charge in [-0.25, -0.2) is 4.79 Å². The molecule has 1 fully saturated rings. The third kappa shape index (κ3) is 1.19. The minimum atomic E-state index is -0.685. The van der Waals surface area contributed by atoms with Crippen molar-refractivity contribution in [2.45, 2.75) is 32.5 Å². The molecule has 1 saturated carbocycles. The van der Waals surface area contributed by atoms with E-state index in [-0.39, 0.29) is 5.97 Å². The first-order valence-corrected chi connectivity index (χ1v) is 4.20. The van der Waals surface area contributed by atoms with Crippen LogP contribution in [0.25, 0.3) is 0 Å². The summed E-state index contributed by atoms with van der Waals surface area (Å²) < 4.78 is 10.6. The van der Waals surface area contributed by atoms with E-state index < -0.39 is 5.79 Å². The first kappa shape index (κ1) is 7.65. The van der Waals surface area contributed by atoms with Crippen LogP contribution in [0, 0.1) is 5.92 Å². The van der Waals surface area contributed by atoms with E-state index in [1.165, 1.54) is 6.08 Å². The number of carbonyl (C=O) groups is 1. The van der Waals surface area contributed by atoms with E-state index in [2.05, 4.69) is 0 Å². The maximum absolute atomic E-state index is 11.0. The standard InChI is InChI=1S/C9H12O3/c1-6-5-8(10)12-9(2,11-6)7-3-4-7/h5,7H,3-4H2,1-2H3. The molecule has 1 unspecified atom stereocenters. The normalized spacial score (nSPS) is 35.2. The average Bonchev–Trinajstić information content (AvgIpc) is 2.61. The summed E-state index contributed by atoms with van der Waals surface area (Å²) in [5, 5.41) is 0. The molecule has 0 spiro atoms. The van der Waals surface area contributed by atoms with Gasteiger partial charge in [0.15, 0.2) is 0 Å². The molecule has 0 amide bonds. The van der Waals surface area contributed by atoms with Crippen molar-refractivity contribution in [1.82, 2.24) is 0 Å². The van der Waals surface area contributed by atoms with Crippen LogP contribution in [0.1, 0.15) is 26.7 Å². The van der Waals surface area contributed by atoms with E-state index in [1.54, 1.807) is 6.92 Å². The number of ether oxygens (including phenoxy) is 2. The second-order valence-electron chi connectivity index (χ2n) is 3.57. The summed E-state index contributed by atoms with van der Waals surface area (Å²) >= 11 is 0. The van der Waals surface area contributed by atoms with Crippen LogP contribution in [0.3, 0.4) is 0 Å². The summed E-state index contributed by atoms with van der Waals surface area (Å²) in [6, 6.07) is 0. The highest BCUT2D eigenvalue weighted by Gasteiger charge is 2.48. The first-order chi connectivity index (χ1) is 5.60. The SMILES string of the molecule is CC1=CC(=O)OC(C)(C2CC2)O1. The van der Waals surface area contributed by atoms with Gasteiger partial charge in [0.05, 0.1) is 6.08 Å². The quantitative estimate of drug-likeness (QED) is 0.558. The van der Waals surface area contributed by atoms with E-state index in [4.69, 9.17) is 9.47 Å². The summed E-state index contributed by atoms with van der Waals surface area (Å²) in [4.78, 5) is 11.0. The minimum absolute atomic E-state index is 0.284.